The summed E-state index contributed by atoms with van der Waals surface area (Å²) in [5.74, 6) is -2.52. The lowest BCUT2D eigenvalue weighted by atomic mass is 9.78. The van der Waals surface area contributed by atoms with E-state index in [9.17, 15) is 19.5 Å². The molecule has 1 saturated carbocycles. The lowest BCUT2D eigenvalue weighted by Crippen LogP contribution is -2.36. The molecule has 25 heavy (non-hydrogen) atoms. The van der Waals surface area contributed by atoms with E-state index in [0.29, 0.717) is 30.6 Å². The zero-order chi connectivity index (χ0) is 18.2. The number of carbonyl (C=O) groups is 3. The van der Waals surface area contributed by atoms with E-state index in [2.05, 4.69) is 17.6 Å². The normalized spacial score (nSPS) is 19.9. The van der Waals surface area contributed by atoms with Crippen LogP contribution < -0.4 is 10.6 Å². The monoisotopic (exact) mass is 346 g/mol. The van der Waals surface area contributed by atoms with Gasteiger partial charge in [-0.2, -0.15) is 0 Å². The molecule has 6 nitrogen and oxygen atoms in total. The zero-order valence-corrected chi connectivity index (χ0v) is 14.6. The highest BCUT2D eigenvalue weighted by atomic mass is 16.4. The molecule has 1 aliphatic rings. The van der Waals surface area contributed by atoms with E-state index in [1.54, 1.807) is 24.3 Å². The van der Waals surface area contributed by atoms with Crippen molar-refractivity contribution < 1.29 is 19.5 Å². The van der Waals surface area contributed by atoms with E-state index in [1.807, 2.05) is 0 Å². The quantitative estimate of drug-likeness (QED) is 0.661. The molecule has 0 aliphatic heterocycles. The summed E-state index contributed by atoms with van der Waals surface area (Å²) >= 11 is 0. The Morgan fingerprint density at radius 2 is 1.88 bits per heavy atom. The molecule has 3 N–H and O–H groups in total. The van der Waals surface area contributed by atoms with Crippen LogP contribution in [0.3, 0.4) is 0 Å². The van der Waals surface area contributed by atoms with Crippen LogP contribution in [0.4, 0.5) is 5.69 Å². The van der Waals surface area contributed by atoms with Gasteiger partial charge in [0.05, 0.1) is 11.8 Å². The first-order valence-electron chi connectivity index (χ1n) is 8.95. The number of hydrogen-bond acceptors (Lipinski definition) is 3. The minimum atomic E-state index is -0.913. The minimum Gasteiger partial charge on any atom is -0.481 e. The fourth-order valence-electron chi connectivity index (χ4n) is 3.19. The molecule has 0 heterocycles. The highest BCUT2D eigenvalue weighted by molar-refractivity contribution is 5.98. The van der Waals surface area contributed by atoms with E-state index in [1.165, 1.54) is 0 Å². The highest BCUT2D eigenvalue weighted by Gasteiger charge is 2.35. The van der Waals surface area contributed by atoms with Crippen LogP contribution >= 0.6 is 0 Å². The Morgan fingerprint density at radius 1 is 1.16 bits per heavy atom. The molecule has 136 valence electrons. The summed E-state index contributed by atoms with van der Waals surface area (Å²) in [6, 6.07) is 6.73. The number of aliphatic carboxylic acids is 1. The van der Waals surface area contributed by atoms with Gasteiger partial charge in [0.2, 0.25) is 5.91 Å². The second-order valence-corrected chi connectivity index (χ2v) is 6.52. The number of rotatable bonds is 7. The third-order valence-electron chi connectivity index (χ3n) is 4.63. The van der Waals surface area contributed by atoms with Gasteiger partial charge in [-0.1, -0.05) is 32.3 Å². The predicted molar refractivity (Wildman–Crippen MR) is 95.4 cm³/mol. The molecule has 2 atom stereocenters. The average Bonchev–Trinajstić information content (AvgIpc) is 2.62. The van der Waals surface area contributed by atoms with Crippen LogP contribution in [0.25, 0.3) is 0 Å². The summed E-state index contributed by atoms with van der Waals surface area (Å²) in [5.41, 5.74) is 0.996. The molecule has 1 fully saturated rings. The second-order valence-electron chi connectivity index (χ2n) is 6.52. The van der Waals surface area contributed by atoms with Crippen LogP contribution in [-0.2, 0) is 9.59 Å². The standard InChI is InChI=1S/C19H26N2O4/c1-2-3-11-20-17(22)13-7-6-8-14(12-13)21-18(23)15-9-4-5-10-16(15)19(24)25/h6-8,12,15-16H,2-5,9-11H2,1H3,(H,20,22)(H,21,23)(H,24,25)/t15-,16-/m1/s1. The number of benzene rings is 1. The van der Waals surface area contributed by atoms with Crippen LogP contribution in [0, 0.1) is 11.8 Å². The first-order valence-corrected chi connectivity index (χ1v) is 8.95. The van der Waals surface area contributed by atoms with Crippen molar-refractivity contribution in [3.8, 4) is 0 Å². The molecule has 0 radical (unpaired) electrons. The van der Waals surface area contributed by atoms with Gasteiger partial charge in [-0.05, 0) is 37.5 Å². The molecule has 0 spiro atoms. The maximum atomic E-state index is 12.5. The van der Waals surface area contributed by atoms with Crippen molar-refractivity contribution in [2.24, 2.45) is 11.8 Å². The molecule has 1 aromatic rings. The van der Waals surface area contributed by atoms with Crippen molar-refractivity contribution in [3.05, 3.63) is 29.8 Å². The third kappa shape index (κ3) is 5.31. The van der Waals surface area contributed by atoms with Crippen LogP contribution in [0.15, 0.2) is 24.3 Å². The highest BCUT2D eigenvalue weighted by Crippen LogP contribution is 2.31. The molecule has 1 aliphatic carbocycles. The molecule has 0 unspecified atom stereocenters. The smallest absolute Gasteiger partial charge is 0.307 e. The van der Waals surface area contributed by atoms with Crippen LogP contribution in [0.1, 0.15) is 55.8 Å². The Morgan fingerprint density at radius 3 is 2.56 bits per heavy atom. The van der Waals surface area contributed by atoms with Crippen molar-refractivity contribution in [2.45, 2.75) is 45.4 Å². The van der Waals surface area contributed by atoms with Crippen molar-refractivity contribution in [2.75, 3.05) is 11.9 Å². The van der Waals surface area contributed by atoms with E-state index < -0.39 is 17.8 Å². The second kappa shape index (κ2) is 9.20. The number of carboxylic acid groups (broad SMARTS) is 1. The maximum absolute atomic E-state index is 12.5. The molecule has 0 saturated heterocycles. The number of unbranched alkanes of at least 4 members (excludes halogenated alkanes) is 1. The molecule has 0 bridgehead atoms. The van der Waals surface area contributed by atoms with Crippen molar-refractivity contribution in [3.63, 3.8) is 0 Å². The summed E-state index contributed by atoms with van der Waals surface area (Å²) in [6.07, 6.45) is 4.74. The van der Waals surface area contributed by atoms with Gasteiger partial charge in [0, 0.05) is 17.8 Å². The minimum absolute atomic E-state index is 0.175. The van der Waals surface area contributed by atoms with Gasteiger partial charge in [-0.15, -0.1) is 0 Å². The lowest BCUT2D eigenvalue weighted by Gasteiger charge is -2.27. The SMILES string of the molecule is CCCCNC(=O)c1cccc(NC(=O)[C@@H]2CCCC[C@H]2C(=O)O)c1. The number of amides is 2. The predicted octanol–water partition coefficient (Wildman–Crippen LogP) is 3.05. The number of carboxylic acids is 1. The third-order valence-corrected chi connectivity index (χ3v) is 4.63. The number of hydrogen-bond donors (Lipinski definition) is 3. The van der Waals surface area contributed by atoms with Crippen molar-refractivity contribution in [1.29, 1.82) is 0 Å². The lowest BCUT2D eigenvalue weighted by molar-refractivity contribution is -0.147. The number of nitrogens with one attached hydrogen (secondary N) is 2. The molecule has 2 amide bonds. The first kappa shape index (κ1) is 19.0. The summed E-state index contributed by atoms with van der Waals surface area (Å²) in [7, 11) is 0. The van der Waals surface area contributed by atoms with Gasteiger partial charge < -0.3 is 15.7 Å². The van der Waals surface area contributed by atoms with Gasteiger partial charge in [0.15, 0.2) is 0 Å². The fourth-order valence-corrected chi connectivity index (χ4v) is 3.19. The molecule has 2 rings (SSSR count). The molecule has 1 aromatic carbocycles. The average molecular weight is 346 g/mol. The van der Waals surface area contributed by atoms with Crippen molar-refractivity contribution >= 4 is 23.5 Å². The van der Waals surface area contributed by atoms with E-state index >= 15 is 0 Å². The van der Waals surface area contributed by atoms with E-state index in [-0.39, 0.29) is 11.8 Å². The summed E-state index contributed by atoms with van der Waals surface area (Å²) in [6.45, 7) is 2.67. The van der Waals surface area contributed by atoms with Crippen molar-refractivity contribution in [1.82, 2.24) is 5.32 Å². The number of carbonyl (C=O) groups excluding carboxylic acids is 2. The Kier molecular flexibility index (Phi) is 6.98. The fraction of sp³-hybridized carbons (Fsp3) is 0.526. The maximum Gasteiger partial charge on any atom is 0.307 e. The Labute approximate surface area is 148 Å². The molecule has 6 heteroatoms. The van der Waals surface area contributed by atoms with E-state index in [0.717, 1.165) is 25.7 Å². The zero-order valence-electron chi connectivity index (χ0n) is 14.6. The van der Waals surface area contributed by atoms with E-state index in [4.69, 9.17) is 0 Å². The van der Waals surface area contributed by atoms with Crippen LogP contribution in [0.5, 0.6) is 0 Å². The summed E-state index contributed by atoms with van der Waals surface area (Å²) < 4.78 is 0. The molecular formula is C19H26N2O4. The Balaban J connectivity index is 2.02. The Hall–Kier alpha value is -2.37. The van der Waals surface area contributed by atoms with Gasteiger partial charge in [0.1, 0.15) is 0 Å². The largest absolute Gasteiger partial charge is 0.481 e. The van der Waals surface area contributed by atoms with Gasteiger partial charge in [-0.25, -0.2) is 0 Å². The molecular weight excluding hydrogens is 320 g/mol. The summed E-state index contributed by atoms with van der Waals surface area (Å²) in [5, 5.41) is 14.9. The van der Waals surface area contributed by atoms with Gasteiger partial charge in [-0.3, -0.25) is 14.4 Å². The topological polar surface area (TPSA) is 95.5 Å². The Bertz CT molecular complexity index is 630. The molecule has 0 aromatic heterocycles. The van der Waals surface area contributed by atoms with Crippen LogP contribution in [-0.4, -0.2) is 29.4 Å². The van der Waals surface area contributed by atoms with Gasteiger partial charge >= 0.3 is 5.97 Å². The van der Waals surface area contributed by atoms with Crippen LogP contribution in [0.2, 0.25) is 0 Å². The first-order chi connectivity index (χ1) is 12.0. The number of anilines is 1. The summed E-state index contributed by atoms with van der Waals surface area (Å²) in [4.78, 5) is 36.0. The van der Waals surface area contributed by atoms with Gasteiger partial charge in [0.25, 0.3) is 5.91 Å².